The van der Waals surface area contributed by atoms with Gasteiger partial charge in [0, 0.05) is 49.0 Å². The molecule has 1 aliphatic heterocycles. The second-order valence-electron chi connectivity index (χ2n) is 8.09. The van der Waals surface area contributed by atoms with Gasteiger partial charge < -0.3 is 15.0 Å². The van der Waals surface area contributed by atoms with Crippen molar-refractivity contribution in [3.8, 4) is 11.5 Å². The Hall–Kier alpha value is -2.99. The van der Waals surface area contributed by atoms with Crippen LogP contribution in [-0.4, -0.2) is 37.0 Å². The van der Waals surface area contributed by atoms with Gasteiger partial charge in [-0.05, 0) is 60.5 Å². The molecule has 31 heavy (non-hydrogen) atoms. The molecule has 1 heterocycles. The van der Waals surface area contributed by atoms with Crippen molar-refractivity contribution in [3.05, 3.63) is 71.8 Å². The lowest BCUT2D eigenvalue weighted by molar-refractivity contribution is 0.0174. The van der Waals surface area contributed by atoms with Crippen LogP contribution in [0.5, 0.6) is 11.5 Å². The third kappa shape index (κ3) is 4.69. The third-order valence-corrected chi connectivity index (χ3v) is 5.60. The van der Waals surface area contributed by atoms with E-state index in [-0.39, 0.29) is 11.5 Å². The summed E-state index contributed by atoms with van der Waals surface area (Å²) in [4.78, 5) is 14.7. The summed E-state index contributed by atoms with van der Waals surface area (Å²) in [5.41, 5.74) is 0.598. The first-order chi connectivity index (χ1) is 14.8. The Morgan fingerprint density at radius 1 is 1.13 bits per heavy atom. The number of amides is 1. The van der Waals surface area contributed by atoms with Crippen LogP contribution in [0.25, 0.3) is 10.8 Å². The molecular weight excluding hydrogens is 398 g/mol. The number of hydrogen-bond donors (Lipinski definition) is 1. The van der Waals surface area contributed by atoms with Gasteiger partial charge in [0.1, 0.15) is 11.5 Å². The highest BCUT2D eigenvalue weighted by Gasteiger charge is 2.30. The second kappa shape index (κ2) is 8.63. The summed E-state index contributed by atoms with van der Waals surface area (Å²) < 4.78 is 32.8. The lowest BCUT2D eigenvalue weighted by Crippen LogP contribution is -2.53. The minimum Gasteiger partial charge on any atom is -0.457 e. The lowest BCUT2D eigenvalue weighted by Gasteiger charge is -2.39. The van der Waals surface area contributed by atoms with E-state index in [9.17, 15) is 13.6 Å². The van der Waals surface area contributed by atoms with Gasteiger partial charge in [0.25, 0.3) is 11.8 Å². The maximum absolute atomic E-state index is 13.4. The summed E-state index contributed by atoms with van der Waals surface area (Å²) in [5.74, 6) is -1.24. The first-order valence-corrected chi connectivity index (χ1v) is 10.5. The van der Waals surface area contributed by atoms with Gasteiger partial charge in [-0.2, -0.15) is 0 Å². The Kier molecular flexibility index (Phi) is 5.92. The first kappa shape index (κ1) is 21.2. The van der Waals surface area contributed by atoms with E-state index in [1.807, 2.05) is 41.3 Å². The van der Waals surface area contributed by atoms with Gasteiger partial charge in [0.2, 0.25) is 0 Å². The largest absolute Gasteiger partial charge is 0.457 e. The summed E-state index contributed by atoms with van der Waals surface area (Å²) >= 11 is 0. The van der Waals surface area contributed by atoms with Crippen molar-refractivity contribution < 1.29 is 18.3 Å². The zero-order valence-corrected chi connectivity index (χ0v) is 17.7. The molecule has 0 radical (unpaired) electrons. The minimum atomic E-state index is -2.89. The van der Waals surface area contributed by atoms with Gasteiger partial charge in [-0.25, -0.2) is 8.78 Å². The Morgan fingerprint density at radius 2 is 1.87 bits per heavy atom. The van der Waals surface area contributed by atoms with Crippen molar-refractivity contribution in [2.45, 2.75) is 19.8 Å². The maximum atomic E-state index is 13.4. The molecule has 0 atom stereocenters. The summed E-state index contributed by atoms with van der Waals surface area (Å²) in [6, 6.07) is 17.0. The Labute approximate surface area is 180 Å². The lowest BCUT2D eigenvalue weighted by atomic mass is 9.98. The molecule has 0 aromatic heterocycles. The monoisotopic (exact) mass is 424 g/mol. The molecule has 1 saturated heterocycles. The number of carbonyl (C=O) groups is 1. The molecule has 0 bridgehead atoms. The van der Waals surface area contributed by atoms with Crippen LogP contribution >= 0.6 is 0 Å². The van der Waals surface area contributed by atoms with E-state index in [1.165, 1.54) is 24.3 Å². The van der Waals surface area contributed by atoms with E-state index in [0.717, 1.165) is 43.9 Å². The van der Waals surface area contributed by atoms with Gasteiger partial charge in [-0.3, -0.25) is 4.79 Å². The highest BCUT2D eigenvalue weighted by atomic mass is 19.3. The fourth-order valence-corrected chi connectivity index (χ4v) is 3.81. The highest BCUT2D eigenvalue weighted by Crippen LogP contribution is 2.33. The number of halogens is 2. The van der Waals surface area contributed by atoms with Crippen molar-refractivity contribution in [2.75, 3.05) is 26.2 Å². The smallest absolute Gasteiger partial charge is 0.270 e. The highest BCUT2D eigenvalue weighted by molar-refractivity contribution is 6.00. The average Bonchev–Trinajstić information content (AvgIpc) is 2.72. The predicted molar refractivity (Wildman–Crippen MR) is 118 cm³/mol. The van der Waals surface area contributed by atoms with E-state index in [2.05, 4.69) is 12.2 Å². The number of nitrogens with one attached hydrogen (secondary N) is 1. The van der Waals surface area contributed by atoms with Crippen molar-refractivity contribution in [1.82, 2.24) is 10.2 Å². The number of benzene rings is 3. The Bertz CT molecular complexity index is 1070. The van der Waals surface area contributed by atoms with E-state index in [1.54, 1.807) is 0 Å². The number of fused-ring (bicyclic) bond motifs is 1. The minimum absolute atomic E-state index is 0.0389. The number of alkyl halides is 2. The van der Waals surface area contributed by atoms with Crippen LogP contribution in [0.3, 0.4) is 0 Å². The molecule has 0 aliphatic carbocycles. The molecule has 4 rings (SSSR count). The molecule has 0 spiro atoms. The molecule has 1 N–H and O–H groups in total. The SMILES string of the molecule is CCNCC1CN(C(=O)c2ccc3c(Oc4ccc(C(C)(F)F)cc4)cccc3c2)C1. The van der Waals surface area contributed by atoms with Crippen molar-refractivity contribution >= 4 is 16.7 Å². The number of nitrogens with zero attached hydrogens (tertiary/aromatic N) is 1. The van der Waals surface area contributed by atoms with Crippen LogP contribution in [0, 0.1) is 5.92 Å². The summed E-state index contributed by atoms with van der Waals surface area (Å²) in [6.07, 6.45) is 0. The van der Waals surface area contributed by atoms with E-state index in [0.29, 0.717) is 23.0 Å². The Morgan fingerprint density at radius 3 is 2.55 bits per heavy atom. The number of hydrogen-bond acceptors (Lipinski definition) is 3. The molecule has 1 aliphatic rings. The molecule has 0 unspecified atom stereocenters. The number of ether oxygens (including phenoxy) is 1. The molecule has 162 valence electrons. The third-order valence-electron chi connectivity index (χ3n) is 5.60. The molecule has 6 heteroatoms. The number of carbonyl (C=O) groups excluding carboxylic acids is 1. The van der Waals surface area contributed by atoms with Gasteiger partial charge in [0.15, 0.2) is 0 Å². The molecular formula is C25H26F2N2O2. The van der Waals surface area contributed by atoms with Crippen LogP contribution in [0.2, 0.25) is 0 Å². The fourth-order valence-electron chi connectivity index (χ4n) is 3.81. The molecule has 1 amide bonds. The van der Waals surface area contributed by atoms with Gasteiger partial charge in [-0.1, -0.05) is 19.1 Å². The van der Waals surface area contributed by atoms with Gasteiger partial charge >= 0.3 is 0 Å². The standard InChI is InChI=1S/C25H26F2N2O2/c1-3-28-14-17-15-29(16-17)24(30)19-7-12-22-18(13-19)5-4-6-23(22)31-21-10-8-20(9-11-21)25(2,26)27/h4-13,17,28H,3,14-16H2,1-2H3. The molecule has 3 aromatic rings. The van der Waals surface area contributed by atoms with E-state index < -0.39 is 5.92 Å². The van der Waals surface area contributed by atoms with Crippen molar-refractivity contribution in [2.24, 2.45) is 5.92 Å². The molecule has 4 nitrogen and oxygen atoms in total. The second-order valence-corrected chi connectivity index (χ2v) is 8.09. The Balaban J connectivity index is 1.49. The van der Waals surface area contributed by atoms with Gasteiger partial charge in [-0.15, -0.1) is 0 Å². The average molecular weight is 424 g/mol. The van der Waals surface area contributed by atoms with Crippen LogP contribution < -0.4 is 10.1 Å². The summed E-state index contributed by atoms with van der Waals surface area (Å²) in [7, 11) is 0. The van der Waals surface area contributed by atoms with Crippen LogP contribution in [-0.2, 0) is 5.92 Å². The maximum Gasteiger partial charge on any atom is 0.270 e. The summed E-state index contributed by atoms with van der Waals surface area (Å²) in [6.45, 7) is 6.38. The number of rotatable bonds is 7. The predicted octanol–water partition coefficient (Wildman–Crippen LogP) is 5.43. The van der Waals surface area contributed by atoms with E-state index in [4.69, 9.17) is 4.74 Å². The number of likely N-dealkylation sites (tertiary alicyclic amines) is 1. The zero-order valence-electron chi connectivity index (χ0n) is 17.7. The fraction of sp³-hybridized carbons (Fsp3) is 0.320. The van der Waals surface area contributed by atoms with Gasteiger partial charge in [0.05, 0.1) is 0 Å². The molecule has 1 fully saturated rings. The van der Waals surface area contributed by atoms with Crippen LogP contribution in [0.1, 0.15) is 29.8 Å². The van der Waals surface area contributed by atoms with Crippen LogP contribution in [0.4, 0.5) is 8.78 Å². The topological polar surface area (TPSA) is 41.6 Å². The van der Waals surface area contributed by atoms with Crippen LogP contribution in [0.15, 0.2) is 60.7 Å². The van der Waals surface area contributed by atoms with Crippen molar-refractivity contribution in [1.29, 1.82) is 0 Å². The molecule has 3 aromatic carbocycles. The first-order valence-electron chi connectivity index (χ1n) is 10.5. The normalized spacial score (nSPS) is 14.5. The molecule has 0 saturated carbocycles. The zero-order chi connectivity index (χ0) is 22.0. The summed E-state index contributed by atoms with van der Waals surface area (Å²) in [5, 5.41) is 5.07. The quantitative estimate of drug-likeness (QED) is 0.550. The van der Waals surface area contributed by atoms with E-state index >= 15 is 0 Å². The van der Waals surface area contributed by atoms with Crippen molar-refractivity contribution in [3.63, 3.8) is 0 Å².